The highest BCUT2D eigenvalue weighted by Crippen LogP contribution is 2.66. The summed E-state index contributed by atoms with van der Waals surface area (Å²) in [5.41, 5.74) is -0.0671. The molecule has 57 heavy (non-hydrogen) atoms. The van der Waals surface area contributed by atoms with Crippen LogP contribution in [0.15, 0.2) is 133 Å². The number of carbonyl (C=O) groups excluding carboxylic acids is 3. The van der Waals surface area contributed by atoms with E-state index in [9.17, 15) is 34.7 Å². The van der Waals surface area contributed by atoms with Crippen LogP contribution >= 0.6 is 0 Å². The fourth-order valence-corrected chi connectivity index (χ4v) is 8.71. The number of carboxylic acids is 1. The van der Waals surface area contributed by atoms with Crippen LogP contribution in [0.5, 0.6) is 5.75 Å². The molecule has 288 valence electrons. The average Bonchev–Trinajstić information content (AvgIpc) is 3.69. The van der Waals surface area contributed by atoms with E-state index < -0.39 is 64.4 Å². The van der Waals surface area contributed by atoms with E-state index in [4.69, 9.17) is 14.2 Å². The number of benzene rings is 5. The van der Waals surface area contributed by atoms with Crippen LogP contribution in [0.25, 0.3) is 0 Å². The lowest BCUT2D eigenvalue weighted by Gasteiger charge is -2.46. The summed E-state index contributed by atoms with van der Waals surface area (Å²) in [7, 11) is 0. The van der Waals surface area contributed by atoms with Gasteiger partial charge >= 0.3 is 18.0 Å². The molecule has 14 nitrogen and oxygen atoms in total. The first-order chi connectivity index (χ1) is 27.7. The van der Waals surface area contributed by atoms with Gasteiger partial charge in [0.15, 0.2) is 0 Å². The third-order valence-corrected chi connectivity index (χ3v) is 10.9. The first-order valence-corrected chi connectivity index (χ1v) is 18.2. The number of esters is 1. The minimum Gasteiger partial charge on any atom is -0.491 e. The van der Waals surface area contributed by atoms with Crippen molar-refractivity contribution in [2.75, 3.05) is 18.1 Å². The van der Waals surface area contributed by atoms with Gasteiger partial charge in [0.2, 0.25) is 5.91 Å². The van der Waals surface area contributed by atoms with Gasteiger partial charge in [0, 0.05) is 17.7 Å². The predicted octanol–water partition coefficient (Wildman–Crippen LogP) is 6.05. The number of carboxylic acid groups (broad SMARTS) is 1. The maximum atomic E-state index is 15.7. The number of nitro benzene ring substituents is 1. The fourth-order valence-electron chi connectivity index (χ4n) is 8.71. The van der Waals surface area contributed by atoms with E-state index in [-0.39, 0.29) is 42.5 Å². The normalized spacial score (nSPS) is 23.7. The average molecular weight is 770 g/mol. The summed E-state index contributed by atoms with van der Waals surface area (Å²) in [6.07, 6.45) is -2.09. The first kappa shape index (κ1) is 37.0. The molecule has 0 saturated carbocycles. The molecule has 3 aliphatic heterocycles. The summed E-state index contributed by atoms with van der Waals surface area (Å²) < 4.78 is 18.0. The number of anilines is 1. The highest BCUT2D eigenvalue weighted by molar-refractivity contribution is 6.23. The van der Waals surface area contributed by atoms with Crippen molar-refractivity contribution in [1.29, 1.82) is 0 Å². The minimum atomic E-state index is -2.17. The Morgan fingerprint density at radius 2 is 1.44 bits per heavy atom. The topological polar surface area (TPSA) is 186 Å². The van der Waals surface area contributed by atoms with Crippen LogP contribution < -0.4 is 9.64 Å². The van der Waals surface area contributed by atoms with Crippen LogP contribution in [0.2, 0.25) is 0 Å². The predicted molar refractivity (Wildman–Crippen MR) is 202 cm³/mol. The Morgan fingerprint density at radius 3 is 2.11 bits per heavy atom. The van der Waals surface area contributed by atoms with Crippen LogP contribution in [0.4, 0.5) is 16.2 Å². The largest absolute Gasteiger partial charge is 0.491 e. The number of hydrogen-bond acceptors (Lipinski definition) is 11. The number of amides is 2. The van der Waals surface area contributed by atoms with Crippen molar-refractivity contribution in [2.24, 2.45) is 5.92 Å². The van der Waals surface area contributed by atoms with Crippen LogP contribution in [0.3, 0.4) is 0 Å². The van der Waals surface area contributed by atoms with Gasteiger partial charge < -0.3 is 24.4 Å². The number of non-ortho nitro benzene ring substituents is 1. The van der Waals surface area contributed by atoms with Crippen molar-refractivity contribution in [3.05, 3.63) is 171 Å². The molecular formula is C43H35N3O11. The van der Waals surface area contributed by atoms with Crippen LogP contribution in [-0.4, -0.2) is 63.2 Å². The van der Waals surface area contributed by atoms with E-state index in [1.54, 1.807) is 71.6 Å². The zero-order chi connectivity index (χ0) is 39.8. The number of aliphatic hydroxyl groups is 1. The van der Waals surface area contributed by atoms with Gasteiger partial charge in [-0.2, -0.15) is 0 Å². The quantitative estimate of drug-likeness (QED) is 0.0953. The highest BCUT2D eigenvalue weighted by atomic mass is 16.6. The van der Waals surface area contributed by atoms with Crippen LogP contribution in [0.1, 0.15) is 46.0 Å². The maximum absolute atomic E-state index is 15.7. The highest BCUT2D eigenvalue weighted by Gasteiger charge is 2.76. The number of morpholine rings is 1. The van der Waals surface area contributed by atoms with Gasteiger partial charge in [-0.05, 0) is 46.5 Å². The number of para-hydroxylation sites is 2. The van der Waals surface area contributed by atoms with Crippen molar-refractivity contribution < 1.29 is 48.5 Å². The smallest absolute Gasteiger partial charge is 0.421 e. The first-order valence-electron chi connectivity index (χ1n) is 18.2. The Hall–Kier alpha value is -6.90. The Morgan fingerprint density at radius 1 is 0.807 bits per heavy atom. The molecular weight excluding hydrogens is 734 g/mol. The van der Waals surface area contributed by atoms with Crippen molar-refractivity contribution in [3.63, 3.8) is 0 Å². The van der Waals surface area contributed by atoms with Crippen molar-refractivity contribution in [3.8, 4) is 5.75 Å². The van der Waals surface area contributed by atoms with Gasteiger partial charge in [-0.1, -0.05) is 97.1 Å². The molecule has 0 bridgehead atoms. The molecule has 5 aromatic rings. The second-order valence-electron chi connectivity index (χ2n) is 13.8. The SMILES string of the molecule is O=C1O[C@@H](c2ccccc2)[C@@H](c2ccccc2)N2[C@@H](c3ccccc3OCCO)[C@]3(C(=O)N(C(=O)OCc4ccc([N+](=O)[O-])cc4)c4ccccc43)[C@@H](C(=O)O)[C@H]12. The van der Waals surface area contributed by atoms with Gasteiger partial charge in [0.1, 0.15) is 42.4 Å². The van der Waals surface area contributed by atoms with Gasteiger partial charge in [-0.3, -0.25) is 29.4 Å². The van der Waals surface area contributed by atoms with Crippen molar-refractivity contribution in [1.82, 2.24) is 4.90 Å². The van der Waals surface area contributed by atoms with Gasteiger partial charge in [0.25, 0.3) is 5.69 Å². The molecule has 3 heterocycles. The molecule has 2 saturated heterocycles. The summed E-state index contributed by atoms with van der Waals surface area (Å²) in [5, 5.41) is 32.4. The number of ether oxygens (including phenoxy) is 3. The molecule has 2 N–H and O–H groups in total. The number of nitrogens with zero attached hydrogens (tertiary/aromatic N) is 3. The monoisotopic (exact) mass is 769 g/mol. The molecule has 8 rings (SSSR count). The van der Waals surface area contributed by atoms with Crippen LogP contribution in [0, 0.1) is 16.0 Å². The van der Waals surface area contributed by atoms with E-state index >= 15 is 4.79 Å². The number of aliphatic hydroxyl groups excluding tert-OH is 1. The van der Waals surface area contributed by atoms with E-state index in [1.165, 1.54) is 30.3 Å². The molecule has 3 aliphatic rings. The van der Waals surface area contributed by atoms with Crippen molar-refractivity contribution in [2.45, 2.75) is 36.3 Å². The molecule has 0 unspecified atom stereocenters. The second kappa shape index (κ2) is 15.0. The molecule has 14 heteroatoms. The molecule has 2 amide bonds. The third-order valence-electron chi connectivity index (χ3n) is 10.9. The summed E-state index contributed by atoms with van der Waals surface area (Å²) in [6, 6.07) is 32.8. The summed E-state index contributed by atoms with van der Waals surface area (Å²) in [6.45, 7) is -0.848. The van der Waals surface area contributed by atoms with E-state index in [1.807, 2.05) is 36.4 Å². The second-order valence-corrected chi connectivity index (χ2v) is 13.8. The zero-order valence-corrected chi connectivity index (χ0v) is 30.1. The molecule has 5 aromatic carbocycles. The molecule has 0 aromatic heterocycles. The maximum Gasteiger partial charge on any atom is 0.421 e. The number of nitro groups is 1. The molecule has 2 fully saturated rings. The van der Waals surface area contributed by atoms with Crippen molar-refractivity contribution >= 4 is 35.3 Å². The number of hydrogen-bond donors (Lipinski definition) is 2. The fraction of sp³-hybridized carbons (Fsp3) is 0.209. The number of imide groups is 1. The summed E-state index contributed by atoms with van der Waals surface area (Å²) in [4.78, 5) is 71.6. The standard InChI is InChI=1S/C43H35N3O11/c47-23-24-55-33-18-10-7-15-30(33)38-43(31-16-8-9-17-32(31)44(41(43)51)42(52)56-25-26-19-21-29(22-20-26)46(53)54)34(39(48)49)36-40(50)57-37(28-13-5-2-6-14-28)35(45(36)38)27-11-3-1-4-12-27/h1-22,34-38,47H,23-25H2,(H,48,49)/t34-,35-,36-,37+,38+,43-/m1/s1. The molecule has 1 spiro atoms. The molecule has 6 atom stereocenters. The van der Waals surface area contributed by atoms with Crippen LogP contribution in [-0.2, 0) is 35.9 Å². The van der Waals surface area contributed by atoms with Gasteiger partial charge in [-0.15, -0.1) is 0 Å². The number of aliphatic carboxylic acids is 1. The van der Waals surface area contributed by atoms with E-state index in [0.29, 0.717) is 22.3 Å². The third kappa shape index (κ3) is 6.06. The lowest BCUT2D eigenvalue weighted by atomic mass is 9.65. The number of fused-ring (bicyclic) bond motifs is 3. The summed E-state index contributed by atoms with van der Waals surface area (Å²) >= 11 is 0. The van der Waals surface area contributed by atoms with E-state index in [2.05, 4.69) is 0 Å². The number of cyclic esters (lactones) is 1. The lowest BCUT2D eigenvalue weighted by molar-refractivity contribution is -0.384. The van der Waals surface area contributed by atoms with Gasteiger partial charge in [0.05, 0.1) is 29.3 Å². The Kier molecular flexibility index (Phi) is 9.73. The molecule has 0 radical (unpaired) electrons. The zero-order valence-electron chi connectivity index (χ0n) is 30.1. The minimum absolute atomic E-state index is 0.0605. The molecule has 0 aliphatic carbocycles. The number of rotatable bonds is 10. The summed E-state index contributed by atoms with van der Waals surface area (Å²) in [5.74, 6) is -4.88. The lowest BCUT2D eigenvalue weighted by Crippen LogP contribution is -2.53. The number of carbonyl (C=O) groups is 4. The van der Waals surface area contributed by atoms with Gasteiger partial charge in [-0.25, -0.2) is 9.69 Å². The Balaban J connectivity index is 1.35. The Bertz CT molecular complexity index is 2360. The van der Waals surface area contributed by atoms with E-state index in [0.717, 1.165) is 4.90 Å². The Labute approximate surface area is 325 Å².